The van der Waals surface area contributed by atoms with E-state index in [9.17, 15) is 14.4 Å². The zero-order valence-electron chi connectivity index (χ0n) is 19.3. The number of ether oxygens (including phenoxy) is 3. The first kappa shape index (κ1) is 23.6. The zero-order valence-corrected chi connectivity index (χ0v) is 19.3. The van der Waals surface area contributed by atoms with Crippen LogP contribution in [0.5, 0.6) is 11.5 Å². The molecule has 180 valence electrons. The molecule has 2 atom stereocenters. The largest absolute Gasteiger partial charge is 0.488 e. The number of rotatable bonds is 2. The van der Waals surface area contributed by atoms with Gasteiger partial charge in [0.05, 0.1) is 6.04 Å². The van der Waals surface area contributed by atoms with Crippen LogP contribution >= 0.6 is 0 Å². The lowest BCUT2D eigenvalue weighted by Crippen LogP contribution is -2.58. The number of aryl methyl sites for hydroxylation is 1. The number of methoxy groups -OCH3 is 1. The molecule has 0 radical (unpaired) electrons. The van der Waals surface area contributed by atoms with Crippen molar-refractivity contribution in [3.8, 4) is 11.5 Å². The van der Waals surface area contributed by atoms with Crippen molar-refractivity contribution in [3.63, 3.8) is 0 Å². The van der Waals surface area contributed by atoms with Gasteiger partial charge in [0.15, 0.2) is 6.61 Å². The highest BCUT2D eigenvalue weighted by Gasteiger charge is 2.34. The number of carbonyl (C=O) groups excluding carboxylic acids is 3. The molecule has 2 N–H and O–H groups in total. The Kier molecular flexibility index (Phi) is 7.32. The van der Waals surface area contributed by atoms with E-state index in [1.54, 1.807) is 23.1 Å². The van der Waals surface area contributed by atoms with Crippen LogP contribution in [-0.4, -0.2) is 68.2 Å². The molecule has 2 aromatic rings. The van der Waals surface area contributed by atoms with E-state index >= 15 is 0 Å². The number of likely N-dealkylation sites (tertiary alicyclic amines) is 1. The summed E-state index contributed by atoms with van der Waals surface area (Å²) in [5, 5.41) is 5.86. The third kappa shape index (κ3) is 5.66. The molecule has 3 heterocycles. The summed E-state index contributed by atoms with van der Waals surface area (Å²) in [6.07, 6.45) is 0.235. The number of nitrogens with zero attached hydrogens (tertiary/aromatic N) is 1. The van der Waals surface area contributed by atoms with Crippen LogP contribution in [-0.2, 0) is 20.9 Å². The summed E-state index contributed by atoms with van der Waals surface area (Å²) in [5.41, 5.74) is 2.13. The Bertz CT molecular complexity index is 1060. The maximum Gasteiger partial charge on any atom is 0.258 e. The number of hydrogen-bond donors (Lipinski definition) is 2. The summed E-state index contributed by atoms with van der Waals surface area (Å²) < 4.78 is 16.9. The topological polar surface area (TPSA) is 106 Å². The van der Waals surface area contributed by atoms with Gasteiger partial charge in [-0.2, -0.15) is 0 Å². The third-order valence-corrected chi connectivity index (χ3v) is 6.00. The molecule has 5 rings (SSSR count). The van der Waals surface area contributed by atoms with Gasteiger partial charge in [0, 0.05) is 38.7 Å². The van der Waals surface area contributed by atoms with Gasteiger partial charge in [0.1, 0.15) is 24.2 Å². The van der Waals surface area contributed by atoms with Crippen molar-refractivity contribution in [1.82, 2.24) is 15.5 Å². The Morgan fingerprint density at radius 1 is 1.18 bits per heavy atom. The van der Waals surface area contributed by atoms with Crippen molar-refractivity contribution in [1.29, 1.82) is 0 Å². The Balaban J connectivity index is 1.63. The second kappa shape index (κ2) is 10.6. The van der Waals surface area contributed by atoms with E-state index in [4.69, 9.17) is 14.2 Å². The predicted octanol–water partition coefficient (Wildman–Crippen LogP) is 1.43. The third-order valence-electron chi connectivity index (χ3n) is 6.00. The van der Waals surface area contributed by atoms with Gasteiger partial charge in [0.25, 0.3) is 11.8 Å². The molecule has 34 heavy (non-hydrogen) atoms. The highest BCUT2D eigenvalue weighted by Crippen LogP contribution is 2.23. The molecular formula is C25H29N3O6. The number of amides is 3. The van der Waals surface area contributed by atoms with Gasteiger partial charge in [-0.25, -0.2) is 0 Å². The average molecular weight is 468 g/mol. The summed E-state index contributed by atoms with van der Waals surface area (Å²) in [6.45, 7) is 2.86. The molecule has 0 saturated carbocycles. The lowest BCUT2D eigenvalue weighted by Gasteiger charge is -2.38. The van der Waals surface area contributed by atoms with Crippen LogP contribution in [0.2, 0.25) is 0 Å². The van der Waals surface area contributed by atoms with Crippen LogP contribution in [0.15, 0.2) is 42.5 Å². The van der Waals surface area contributed by atoms with Gasteiger partial charge in [0.2, 0.25) is 5.91 Å². The summed E-state index contributed by atoms with van der Waals surface area (Å²) in [5.74, 6) is 0.413. The Hall–Kier alpha value is -3.59. The van der Waals surface area contributed by atoms with Gasteiger partial charge >= 0.3 is 0 Å². The maximum atomic E-state index is 13.1. The molecule has 1 saturated heterocycles. The van der Waals surface area contributed by atoms with E-state index in [1.807, 2.05) is 31.2 Å². The van der Waals surface area contributed by atoms with Gasteiger partial charge < -0.3 is 29.7 Å². The fourth-order valence-corrected chi connectivity index (χ4v) is 4.06. The zero-order chi connectivity index (χ0) is 24.1. The Morgan fingerprint density at radius 2 is 1.97 bits per heavy atom. The SMILES string of the molecule is COCC(=O)N1CC[C@@H]2Oc3ccc(cc3)CNC(=O)COc3cc(ccc3C)C(=O)N[C@H]2C1. The summed E-state index contributed by atoms with van der Waals surface area (Å²) in [7, 11) is 1.48. The molecular weight excluding hydrogens is 438 g/mol. The minimum absolute atomic E-state index is 0.0148. The number of hydrogen-bond acceptors (Lipinski definition) is 6. The van der Waals surface area contributed by atoms with Crippen LogP contribution < -0.4 is 20.1 Å². The second-order valence-electron chi connectivity index (χ2n) is 8.49. The molecule has 0 unspecified atom stereocenters. The van der Waals surface area contributed by atoms with Crippen molar-refractivity contribution in [3.05, 3.63) is 59.2 Å². The number of piperidine rings is 1. The number of fused-ring (bicyclic) bond motifs is 7. The van der Waals surface area contributed by atoms with Gasteiger partial charge in [-0.1, -0.05) is 18.2 Å². The first-order chi connectivity index (χ1) is 16.4. The molecule has 1 fully saturated rings. The van der Waals surface area contributed by atoms with Crippen LogP contribution in [0.25, 0.3) is 0 Å². The van der Waals surface area contributed by atoms with E-state index < -0.39 is 6.04 Å². The number of benzene rings is 2. The maximum absolute atomic E-state index is 13.1. The minimum Gasteiger partial charge on any atom is -0.488 e. The normalized spacial score (nSPS) is 20.8. The average Bonchev–Trinajstić information content (AvgIpc) is 2.83. The van der Waals surface area contributed by atoms with Crippen molar-refractivity contribution in [2.45, 2.75) is 32.0 Å². The van der Waals surface area contributed by atoms with Crippen molar-refractivity contribution in [2.24, 2.45) is 0 Å². The summed E-state index contributed by atoms with van der Waals surface area (Å²) in [4.78, 5) is 39.5. The number of carbonyl (C=O) groups is 3. The Labute approximate surface area is 198 Å². The van der Waals surface area contributed by atoms with E-state index in [0.717, 1.165) is 11.1 Å². The van der Waals surface area contributed by atoms with Gasteiger partial charge in [-0.05, 0) is 42.3 Å². The molecule has 0 aromatic heterocycles. The molecule has 3 aliphatic heterocycles. The quantitative estimate of drug-likeness (QED) is 0.692. The van der Waals surface area contributed by atoms with E-state index in [0.29, 0.717) is 43.1 Å². The molecule has 3 aliphatic rings. The van der Waals surface area contributed by atoms with Crippen LogP contribution in [0.3, 0.4) is 0 Å². The number of nitrogens with one attached hydrogen (secondary N) is 2. The van der Waals surface area contributed by atoms with Crippen LogP contribution in [0.4, 0.5) is 0 Å². The lowest BCUT2D eigenvalue weighted by molar-refractivity contribution is -0.137. The van der Waals surface area contributed by atoms with E-state index in [2.05, 4.69) is 10.6 Å². The monoisotopic (exact) mass is 467 g/mol. The fourth-order valence-electron chi connectivity index (χ4n) is 4.06. The molecule has 0 spiro atoms. The molecule has 0 aliphatic carbocycles. The van der Waals surface area contributed by atoms with E-state index in [-0.39, 0.29) is 37.0 Å². The van der Waals surface area contributed by atoms with Gasteiger partial charge in [-0.3, -0.25) is 14.4 Å². The molecule has 4 bridgehead atoms. The van der Waals surface area contributed by atoms with Crippen LogP contribution in [0, 0.1) is 6.92 Å². The Morgan fingerprint density at radius 3 is 2.74 bits per heavy atom. The minimum atomic E-state index is -0.425. The van der Waals surface area contributed by atoms with E-state index in [1.165, 1.54) is 7.11 Å². The van der Waals surface area contributed by atoms with Crippen molar-refractivity contribution in [2.75, 3.05) is 33.4 Å². The highest BCUT2D eigenvalue weighted by atomic mass is 16.5. The van der Waals surface area contributed by atoms with Gasteiger partial charge in [-0.15, -0.1) is 0 Å². The standard InChI is InChI=1S/C25H29N3O6/c1-16-3-6-18-11-22(16)33-14-23(29)26-12-17-4-7-19(8-5-17)34-21-9-10-28(24(30)15-32-2)13-20(21)27-25(18)31/h3-8,11,20-21H,9-10,12-15H2,1-2H3,(H,26,29)(H,27,31)/t20-,21-/m0/s1. The summed E-state index contributed by atoms with van der Waals surface area (Å²) >= 11 is 0. The molecule has 2 aromatic carbocycles. The lowest BCUT2D eigenvalue weighted by atomic mass is 10.0. The van der Waals surface area contributed by atoms with Crippen LogP contribution in [0.1, 0.15) is 27.9 Å². The fraction of sp³-hybridized carbons (Fsp3) is 0.400. The molecule has 9 heteroatoms. The molecule has 9 nitrogen and oxygen atoms in total. The summed E-state index contributed by atoms with van der Waals surface area (Å²) in [6, 6.07) is 12.1. The van der Waals surface area contributed by atoms with Crippen molar-refractivity contribution >= 4 is 17.7 Å². The predicted molar refractivity (Wildman–Crippen MR) is 124 cm³/mol. The van der Waals surface area contributed by atoms with Crippen molar-refractivity contribution < 1.29 is 28.6 Å². The highest BCUT2D eigenvalue weighted by molar-refractivity contribution is 5.95. The first-order valence-corrected chi connectivity index (χ1v) is 11.3. The molecule has 3 amide bonds. The smallest absolute Gasteiger partial charge is 0.258 e. The first-order valence-electron chi connectivity index (χ1n) is 11.3. The second-order valence-corrected chi connectivity index (χ2v) is 8.49.